The molecule has 0 aliphatic carbocycles. The molecule has 0 radical (unpaired) electrons. The second-order valence-corrected chi connectivity index (χ2v) is 4.86. The van der Waals surface area contributed by atoms with Crippen molar-refractivity contribution in [3.05, 3.63) is 47.3 Å². The summed E-state index contributed by atoms with van der Waals surface area (Å²) in [6, 6.07) is 4.93. The molecule has 0 amide bonds. The predicted molar refractivity (Wildman–Crippen MR) is 69.6 cm³/mol. The van der Waals surface area contributed by atoms with E-state index in [4.69, 9.17) is 4.74 Å². The van der Waals surface area contributed by atoms with Crippen LogP contribution in [0.25, 0.3) is 0 Å². The van der Waals surface area contributed by atoms with Crippen molar-refractivity contribution < 1.29 is 9.13 Å². The minimum atomic E-state index is -0.254. The number of H-pyrrole nitrogens is 1. The van der Waals surface area contributed by atoms with Crippen LogP contribution < -0.4 is 10.1 Å². The van der Waals surface area contributed by atoms with Gasteiger partial charge in [0.25, 0.3) is 0 Å². The molecule has 1 aromatic carbocycles. The van der Waals surface area contributed by atoms with E-state index in [1.807, 2.05) is 13.1 Å². The summed E-state index contributed by atoms with van der Waals surface area (Å²) < 4.78 is 18.6. The average Bonchev–Trinajstić information content (AvgIpc) is 2.82. The molecule has 0 saturated heterocycles. The molecule has 1 atom stereocenters. The van der Waals surface area contributed by atoms with Crippen LogP contribution in [0.4, 0.5) is 4.39 Å². The van der Waals surface area contributed by atoms with Gasteiger partial charge in [0, 0.05) is 24.0 Å². The van der Waals surface area contributed by atoms with E-state index >= 15 is 0 Å². The maximum absolute atomic E-state index is 13.1. The summed E-state index contributed by atoms with van der Waals surface area (Å²) in [5.41, 5.74) is 2.10. The minimum Gasteiger partial charge on any atom is -0.492 e. The SMILES string of the molecule is Cc1cnc(CNC2COc3cc(F)ccc3C2)[nH]1. The van der Waals surface area contributed by atoms with Crippen LogP contribution in [-0.4, -0.2) is 22.6 Å². The number of nitrogens with one attached hydrogen (secondary N) is 2. The van der Waals surface area contributed by atoms with E-state index < -0.39 is 0 Å². The molecule has 5 heteroatoms. The lowest BCUT2D eigenvalue weighted by atomic mass is 10.0. The number of imidazole rings is 1. The number of fused-ring (bicyclic) bond motifs is 1. The first kappa shape index (κ1) is 12.2. The summed E-state index contributed by atoms with van der Waals surface area (Å²) in [4.78, 5) is 7.43. The fraction of sp³-hybridized carbons (Fsp3) is 0.357. The summed E-state index contributed by atoms with van der Waals surface area (Å²) in [6.07, 6.45) is 2.65. The average molecular weight is 261 g/mol. The number of aromatic amines is 1. The summed E-state index contributed by atoms with van der Waals surface area (Å²) in [6.45, 7) is 3.21. The van der Waals surface area contributed by atoms with Crippen LogP contribution in [0, 0.1) is 12.7 Å². The van der Waals surface area contributed by atoms with E-state index in [0.717, 1.165) is 23.5 Å². The maximum atomic E-state index is 13.1. The number of halogens is 1. The van der Waals surface area contributed by atoms with Gasteiger partial charge in [-0.1, -0.05) is 6.07 Å². The Morgan fingerprint density at radius 1 is 1.53 bits per heavy atom. The summed E-state index contributed by atoms with van der Waals surface area (Å²) in [7, 11) is 0. The van der Waals surface area contributed by atoms with Gasteiger partial charge in [-0.3, -0.25) is 0 Å². The van der Waals surface area contributed by atoms with Gasteiger partial charge in [0.2, 0.25) is 0 Å². The number of rotatable bonds is 3. The van der Waals surface area contributed by atoms with Crippen LogP contribution in [0.2, 0.25) is 0 Å². The van der Waals surface area contributed by atoms with Gasteiger partial charge in [-0.05, 0) is 25.0 Å². The van der Waals surface area contributed by atoms with Gasteiger partial charge in [-0.15, -0.1) is 0 Å². The van der Waals surface area contributed by atoms with Crippen molar-refractivity contribution in [3.63, 3.8) is 0 Å². The number of nitrogens with zero attached hydrogens (tertiary/aromatic N) is 1. The summed E-state index contributed by atoms with van der Waals surface area (Å²) >= 11 is 0. The molecule has 100 valence electrons. The molecule has 1 aromatic heterocycles. The third-order valence-electron chi connectivity index (χ3n) is 3.25. The molecule has 0 saturated carbocycles. The number of aryl methyl sites for hydroxylation is 1. The van der Waals surface area contributed by atoms with Crippen molar-refractivity contribution in [2.45, 2.75) is 25.9 Å². The highest BCUT2D eigenvalue weighted by Gasteiger charge is 2.20. The van der Waals surface area contributed by atoms with Crippen molar-refractivity contribution in [2.24, 2.45) is 0 Å². The lowest BCUT2D eigenvalue weighted by Crippen LogP contribution is -2.39. The molecule has 1 aliphatic heterocycles. The third kappa shape index (κ3) is 2.76. The van der Waals surface area contributed by atoms with E-state index in [1.54, 1.807) is 6.07 Å². The van der Waals surface area contributed by atoms with Gasteiger partial charge >= 0.3 is 0 Å². The van der Waals surface area contributed by atoms with Crippen LogP contribution in [0.3, 0.4) is 0 Å². The number of hydrogen-bond donors (Lipinski definition) is 2. The highest BCUT2D eigenvalue weighted by Crippen LogP contribution is 2.25. The quantitative estimate of drug-likeness (QED) is 0.888. The van der Waals surface area contributed by atoms with E-state index in [1.165, 1.54) is 12.1 Å². The van der Waals surface area contributed by atoms with Crippen LogP contribution in [0.1, 0.15) is 17.1 Å². The molecule has 2 aromatic rings. The molecule has 0 spiro atoms. The van der Waals surface area contributed by atoms with Gasteiger partial charge in [0.15, 0.2) is 0 Å². The Morgan fingerprint density at radius 2 is 2.42 bits per heavy atom. The van der Waals surface area contributed by atoms with Crippen molar-refractivity contribution in [2.75, 3.05) is 6.61 Å². The molecular formula is C14H16FN3O. The monoisotopic (exact) mass is 261 g/mol. The smallest absolute Gasteiger partial charge is 0.126 e. The number of aromatic nitrogens is 2. The van der Waals surface area contributed by atoms with Crippen molar-refractivity contribution >= 4 is 0 Å². The van der Waals surface area contributed by atoms with Gasteiger partial charge < -0.3 is 15.0 Å². The Balaban J connectivity index is 1.61. The second kappa shape index (κ2) is 5.01. The Kier molecular flexibility index (Phi) is 3.21. The largest absolute Gasteiger partial charge is 0.492 e. The first-order valence-electron chi connectivity index (χ1n) is 6.36. The molecule has 0 fully saturated rings. The van der Waals surface area contributed by atoms with E-state index in [2.05, 4.69) is 15.3 Å². The number of hydrogen-bond acceptors (Lipinski definition) is 3. The Hall–Kier alpha value is -1.88. The van der Waals surface area contributed by atoms with Gasteiger partial charge in [-0.25, -0.2) is 9.37 Å². The lowest BCUT2D eigenvalue weighted by Gasteiger charge is -2.25. The molecule has 19 heavy (non-hydrogen) atoms. The molecule has 0 bridgehead atoms. The zero-order valence-electron chi connectivity index (χ0n) is 10.7. The fourth-order valence-corrected chi connectivity index (χ4v) is 2.27. The Bertz CT molecular complexity index is 582. The third-order valence-corrected chi connectivity index (χ3v) is 3.25. The first-order valence-corrected chi connectivity index (χ1v) is 6.36. The molecular weight excluding hydrogens is 245 g/mol. The van der Waals surface area contributed by atoms with Crippen LogP contribution in [-0.2, 0) is 13.0 Å². The fourth-order valence-electron chi connectivity index (χ4n) is 2.27. The molecule has 4 nitrogen and oxygen atoms in total. The standard InChI is InChI=1S/C14H16FN3O/c1-9-6-17-14(18-9)7-16-12-4-10-2-3-11(15)5-13(10)19-8-12/h2-3,5-6,12,16H,4,7-8H2,1H3,(H,17,18). The van der Waals surface area contributed by atoms with Crippen LogP contribution in [0.5, 0.6) is 5.75 Å². The predicted octanol–water partition coefficient (Wildman–Crippen LogP) is 1.95. The first-order chi connectivity index (χ1) is 9.20. The summed E-state index contributed by atoms with van der Waals surface area (Å²) in [5, 5.41) is 3.39. The molecule has 3 rings (SSSR count). The normalized spacial score (nSPS) is 17.9. The molecule has 2 N–H and O–H groups in total. The topological polar surface area (TPSA) is 49.9 Å². The van der Waals surface area contributed by atoms with E-state index in [0.29, 0.717) is 18.9 Å². The molecule has 2 heterocycles. The minimum absolute atomic E-state index is 0.225. The van der Waals surface area contributed by atoms with Gasteiger partial charge in [0.05, 0.1) is 6.54 Å². The van der Waals surface area contributed by atoms with Crippen LogP contribution in [0.15, 0.2) is 24.4 Å². The zero-order chi connectivity index (χ0) is 13.2. The van der Waals surface area contributed by atoms with Gasteiger partial charge in [0.1, 0.15) is 24.0 Å². The Labute approximate surface area is 111 Å². The van der Waals surface area contributed by atoms with Crippen molar-refractivity contribution in [1.82, 2.24) is 15.3 Å². The molecule has 1 aliphatic rings. The number of benzene rings is 1. The highest BCUT2D eigenvalue weighted by molar-refractivity contribution is 5.36. The van der Waals surface area contributed by atoms with Crippen molar-refractivity contribution in [1.29, 1.82) is 0 Å². The van der Waals surface area contributed by atoms with Crippen molar-refractivity contribution in [3.8, 4) is 5.75 Å². The van der Waals surface area contributed by atoms with E-state index in [9.17, 15) is 4.39 Å². The lowest BCUT2D eigenvalue weighted by molar-refractivity contribution is 0.236. The molecule has 1 unspecified atom stereocenters. The number of ether oxygens (including phenoxy) is 1. The van der Waals surface area contributed by atoms with Gasteiger partial charge in [-0.2, -0.15) is 0 Å². The second-order valence-electron chi connectivity index (χ2n) is 4.86. The summed E-state index contributed by atoms with van der Waals surface area (Å²) in [5.74, 6) is 1.32. The Morgan fingerprint density at radius 3 is 3.21 bits per heavy atom. The maximum Gasteiger partial charge on any atom is 0.126 e. The van der Waals surface area contributed by atoms with Crippen LogP contribution >= 0.6 is 0 Å². The zero-order valence-corrected chi connectivity index (χ0v) is 10.7. The van der Waals surface area contributed by atoms with E-state index in [-0.39, 0.29) is 11.9 Å². The highest BCUT2D eigenvalue weighted by atomic mass is 19.1.